The Morgan fingerprint density at radius 1 is 1.39 bits per heavy atom. The second kappa shape index (κ2) is 6.88. The lowest BCUT2D eigenvalue weighted by Crippen LogP contribution is -2.27. The normalized spacial score (nSPS) is 10.4. The van der Waals surface area contributed by atoms with Crippen LogP contribution in [0.4, 0.5) is 10.3 Å². The van der Waals surface area contributed by atoms with Gasteiger partial charge in [0.15, 0.2) is 0 Å². The molecular weight excluding hydrogens is 307 g/mol. The Morgan fingerprint density at radius 3 is 2.65 bits per heavy atom. The van der Waals surface area contributed by atoms with Gasteiger partial charge in [-0.2, -0.15) is 0 Å². The molecule has 9 heteroatoms. The Hall–Kier alpha value is -2.94. The number of aromatic nitrogens is 2. The molecule has 0 saturated carbocycles. The molecule has 0 unspecified atom stereocenters. The maximum Gasteiger partial charge on any atom is 0.379 e. The van der Waals surface area contributed by atoms with Crippen LogP contribution in [0.25, 0.3) is 0 Å². The van der Waals surface area contributed by atoms with Crippen molar-refractivity contribution in [1.29, 1.82) is 0 Å². The van der Waals surface area contributed by atoms with Crippen LogP contribution in [-0.2, 0) is 18.4 Å². The average molecular weight is 322 g/mol. The highest BCUT2D eigenvalue weighted by molar-refractivity contribution is 5.90. The second-order valence-electron chi connectivity index (χ2n) is 4.58. The lowest BCUT2D eigenvalue weighted by atomic mass is 10.2. The number of anilines is 1. The summed E-state index contributed by atoms with van der Waals surface area (Å²) in [5.74, 6) is -2.10. The van der Waals surface area contributed by atoms with E-state index in [2.05, 4.69) is 15.8 Å². The molecule has 0 bridgehead atoms. The van der Waals surface area contributed by atoms with E-state index in [1.54, 1.807) is 0 Å². The van der Waals surface area contributed by atoms with E-state index in [0.29, 0.717) is 5.56 Å². The highest BCUT2D eigenvalue weighted by atomic mass is 19.1. The minimum atomic E-state index is -1.01. The standard InChI is InChI=1S/C14H15FN4O4/c1-16-14-18-10(11(20)12(21)19(14)2)13(22)23-17-7-8-3-5-9(15)6-4-8/h3-6,17,20H,7H2,1-2H3,(H,16,18). The third-order valence-corrected chi connectivity index (χ3v) is 3.04. The fraction of sp³-hybridized carbons (Fsp3) is 0.214. The molecule has 0 spiro atoms. The lowest BCUT2D eigenvalue weighted by molar-refractivity contribution is 0.0226. The molecule has 2 aromatic rings. The summed E-state index contributed by atoms with van der Waals surface area (Å²) in [5, 5.41) is 12.3. The van der Waals surface area contributed by atoms with Gasteiger partial charge in [0.05, 0.1) is 6.54 Å². The molecule has 1 aromatic heterocycles. The predicted octanol–water partition coefficient (Wildman–Crippen LogP) is 0.528. The van der Waals surface area contributed by atoms with Crippen molar-refractivity contribution in [2.45, 2.75) is 6.54 Å². The predicted molar refractivity (Wildman–Crippen MR) is 79.3 cm³/mol. The Labute approximate surface area is 130 Å². The van der Waals surface area contributed by atoms with Crippen LogP contribution in [-0.4, -0.2) is 27.7 Å². The van der Waals surface area contributed by atoms with Gasteiger partial charge in [0, 0.05) is 14.1 Å². The fourth-order valence-corrected chi connectivity index (χ4v) is 1.79. The molecular formula is C14H15FN4O4. The Kier molecular flexibility index (Phi) is 4.91. The number of nitrogens with zero attached hydrogens (tertiary/aromatic N) is 2. The van der Waals surface area contributed by atoms with Gasteiger partial charge < -0.3 is 15.3 Å². The highest BCUT2D eigenvalue weighted by Crippen LogP contribution is 2.12. The summed E-state index contributed by atoms with van der Waals surface area (Å²) in [6.45, 7) is 0.122. The van der Waals surface area contributed by atoms with E-state index in [1.807, 2.05) is 0 Å². The molecule has 0 amide bonds. The summed E-state index contributed by atoms with van der Waals surface area (Å²) in [5.41, 5.74) is 1.75. The van der Waals surface area contributed by atoms with Crippen LogP contribution in [0, 0.1) is 5.82 Å². The molecule has 2 rings (SSSR count). The largest absolute Gasteiger partial charge is 0.501 e. The molecule has 0 atom stereocenters. The van der Waals surface area contributed by atoms with Gasteiger partial charge in [0.1, 0.15) is 5.82 Å². The summed E-state index contributed by atoms with van der Waals surface area (Å²) in [6.07, 6.45) is 0. The van der Waals surface area contributed by atoms with E-state index >= 15 is 0 Å². The molecule has 23 heavy (non-hydrogen) atoms. The van der Waals surface area contributed by atoms with Crippen molar-refractivity contribution in [2.24, 2.45) is 7.05 Å². The monoisotopic (exact) mass is 322 g/mol. The maximum absolute atomic E-state index is 12.8. The van der Waals surface area contributed by atoms with Crippen LogP contribution in [0.15, 0.2) is 29.1 Å². The van der Waals surface area contributed by atoms with Crippen molar-refractivity contribution < 1.29 is 19.1 Å². The smallest absolute Gasteiger partial charge is 0.379 e. The average Bonchev–Trinajstić information content (AvgIpc) is 2.54. The zero-order valence-electron chi connectivity index (χ0n) is 12.5. The van der Waals surface area contributed by atoms with Gasteiger partial charge in [-0.25, -0.2) is 14.2 Å². The van der Waals surface area contributed by atoms with Gasteiger partial charge in [0.25, 0.3) is 5.56 Å². The molecule has 3 N–H and O–H groups in total. The van der Waals surface area contributed by atoms with Crippen LogP contribution in [0.2, 0.25) is 0 Å². The Balaban J connectivity index is 2.07. The molecule has 0 aliphatic heterocycles. The lowest BCUT2D eigenvalue weighted by Gasteiger charge is -2.10. The van der Waals surface area contributed by atoms with Crippen molar-refractivity contribution in [2.75, 3.05) is 12.4 Å². The number of hydrogen-bond donors (Lipinski definition) is 3. The van der Waals surface area contributed by atoms with Crippen molar-refractivity contribution >= 4 is 11.9 Å². The quantitative estimate of drug-likeness (QED) is 0.689. The van der Waals surface area contributed by atoms with E-state index < -0.39 is 23.0 Å². The van der Waals surface area contributed by atoms with Gasteiger partial charge in [-0.1, -0.05) is 12.1 Å². The van der Waals surface area contributed by atoms with Crippen molar-refractivity contribution in [1.82, 2.24) is 15.0 Å². The van der Waals surface area contributed by atoms with Gasteiger partial charge in [-0.05, 0) is 17.7 Å². The number of halogens is 1. The topological polar surface area (TPSA) is 105 Å². The zero-order valence-corrected chi connectivity index (χ0v) is 12.5. The molecule has 1 aromatic carbocycles. The summed E-state index contributed by atoms with van der Waals surface area (Å²) >= 11 is 0. The van der Waals surface area contributed by atoms with Crippen molar-refractivity contribution in [3.63, 3.8) is 0 Å². The van der Waals surface area contributed by atoms with Crippen LogP contribution >= 0.6 is 0 Å². The highest BCUT2D eigenvalue weighted by Gasteiger charge is 2.21. The first-order valence-corrected chi connectivity index (χ1v) is 6.60. The number of rotatable bonds is 5. The first kappa shape index (κ1) is 16.4. The number of nitrogens with one attached hydrogen (secondary N) is 2. The zero-order chi connectivity index (χ0) is 17.0. The summed E-state index contributed by atoms with van der Waals surface area (Å²) < 4.78 is 13.8. The van der Waals surface area contributed by atoms with Gasteiger partial charge >= 0.3 is 5.97 Å². The van der Waals surface area contributed by atoms with Gasteiger partial charge in [0.2, 0.25) is 17.4 Å². The number of hydrogen-bond acceptors (Lipinski definition) is 7. The minimum absolute atomic E-state index is 0.0956. The molecule has 0 fully saturated rings. The van der Waals surface area contributed by atoms with E-state index in [0.717, 1.165) is 4.57 Å². The maximum atomic E-state index is 12.8. The summed E-state index contributed by atoms with van der Waals surface area (Å²) in [7, 11) is 2.91. The molecule has 122 valence electrons. The number of carbonyl (C=O) groups is 1. The molecule has 0 saturated heterocycles. The van der Waals surface area contributed by atoms with Crippen LogP contribution < -0.4 is 16.4 Å². The van der Waals surface area contributed by atoms with E-state index in [-0.39, 0.29) is 18.3 Å². The van der Waals surface area contributed by atoms with Crippen molar-refractivity contribution in [3.05, 3.63) is 51.7 Å². The van der Waals surface area contributed by atoms with Gasteiger partial charge in [-0.3, -0.25) is 9.36 Å². The van der Waals surface area contributed by atoms with Gasteiger partial charge in [-0.15, -0.1) is 5.48 Å². The fourth-order valence-electron chi connectivity index (χ4n) is 1.79. The third kappa shape index (κ3) is 3.64. The van der Waals surface area contributed by atoms with Crippen LogP contribution in [0.5, 0.6) is 5.75 Å². The van der Waals surface area contributed by atoms with E-state index in [4.69, 9.17) is 4.84 Å². The molecule has 8 nitrogen and oxygen atoms in total. The van der Waals surface area contributed by atoms with E-state index in [9.17, 15) is 19.1 Å². The molecule has 0 aliphatic rings. The Bertz CT molecular complexity index is 774. The first-order valence-electron chi connectivity index (χ1n) is 6.60. The summed E-state index contributed by atoms with van der Waals surface area (Å²) in [4.78, 5) is 32.3. The Morgan fingerprint density at radius 2 is 2.04 bits per heavy atom. The number of aromatic hydroxyl groups is 1. The molecule has 0 radical (unpaired) electrons. The molecule has 1 heterocycles. The number of carbonyl (C=O) groups excluding carboxylic acids is 1. The second-order valence-corrected chi connectivity index (χ2v) is 4.58. The number of hydroxylamine groups is 1. The number of benzene rings is 1. The minimum Gasteiger partial charge on any atom is -0.501 e. The van der Waals surface area contributed by atoms with E-state index in [1.165, 1.54) is 38.4 Å². The molecule has 0 aliphatic carbocycles. The summed E-state index contributed by atoms with van der Waals surface area (Å²) in [6, 6.07) is 5.57. The van der Waals surface area contributed by atoms with Crippen LogP contribution in [0.1, 0.15) is 16.1 Å². The van der Waals surface area contributed by atoms with Crippen LogP contribution in [0.3, 0.4) is 0 Å². The van der Waals surface area contributed by atoms with Crippen molar-refractivity contribution in [3.8, 4) is 5.75 Å². The third-order valence-electron chi connectivity index (χ3n) is 3.04. The SMILES string of the molecule is CNc1nc(C(=O)ONCc2ccc(F)cc2)c(O)c(=O)n1C. The first-order chi connectivity index (χ1) is 10.9.